The zero-order valence-electron chi connectivity index (χ0n) is 14.1. The van der Waals surface area contributed by atoms with Gasteiger partial charge in [-0.2, -0.15) is 5.10 Å². The third-order valence-electron chi connectivity index (χ3n) is 4.89. The molecule has 1 atom stereocenters. The number of likely N-dealkylation sites (tertiary alicyclic amines) is 1. The number of nitrogens with zero attached hydrogens (tertiary/aromatic N) is 4. The summed E-state index contributed by atoms with van der Waals surface area (Å²) in [6, 6.07) is 7.06. The maximum atomic E-state index is 13.1. The van der Waals surface area contributed by atoms with Gasteiger partial charge < -0.3 is 4.98 Å². The SMILES string of the molecule is Cn1ncc2c(=O)[nH]c(CN3CCC[C@H]3Cc3ccc(F)cc3)nc21. The highest BCUT2D eigenvalue weighted by Gasteiger charge is 2.25. The van der Waals surface area contributed by atoms with E-state index in [-0.39, 0.29) is 11.4 Å². The lowest BCUT2D eigenvalue weighted by molar-refractivity contribution is 0.238. The van der Waals surface area contributed by atoms with E-state index in [0.29, 0.717) is 29.4 Å². The molecule has 1 aliphatic heterocycles. The smallest absolute Gasteiger partial charge is 0.262 e. The number of fused-ring (bicyclic) bond motifs is 1. The van der Waals surface area contributed by atoms with Crippen LogP contribution in [0.3, 0.4) is 0 Å². The van der Waals surface area contributed by atoms with Gasteiger partial charge in [-0.05, 0) is 43.5 Å². The second-order valence-electron chi connectivity index (χ2n) is 6.62. The van der Waals surface area contributed by atoms with Crippen LogP contribution in [-0.2, 0) is 20.0 Å². The van der Waals surface area contributed by atoms with E-state index in [1.165, 1.54) is 18.3 Å². The number of rotatable bonds is 4. The van der Waals surface area contributed by atoms with Gasteiger partial charge in [-0.3, -0.25) is 14.4 Å². The van der Waals surface area contributed by atoms with Gasteiger partial charge in [0.2, 0.25) is 0 Å². The van der Waals surface area contributed by atoms with Gasteiger partial charge in [0, 0.05) is 13.1 Å². The predicted octanol–water partition coefficient (Wildman–Crippen LogP) is 2.00. The monoisotopic (exact) mass is 341 g/mol. The number of halogens is 1. The van der Waals surface area contributed by atoms with Crippen molar-refractivity contribution in [3.05, 3.63) is 58.0 Å². The van der Waals surface area contributed by atoms with E-state index in [1.807, 2.05) is 12.1 Å². The van der Waals surface area contributed by atoms with Crippen LogP contribution >= 0.6 is 0 Å². The fraction of sp³-hybridized carbons (Fsp3) is 0.389. The van der Waals surface area contributed by atoms with Crippen molar-refractivity contribution in [1.29, 1.82) is 0 Å². The molecule has 1 aliphatic rings. The first-order chi connectivity index (χ1) is 12.1. The topological polar surface area (TPSA) is 66.8 Å². The summed E-state index contributed by atoms with van der Waals surface area (Å²) in [7, 11) is 1.78. The van der Waals surface area contributed by atoms with Crippen LogP contribution in [0.15, 0.2) is 35.3 Å². The number of aromatic amines is 1. The Hall–Kier alpha value is -2.54. The maximum Gasteiger partial charge on any atom is 0.262 e. The molecular formula is C18H20FN5O. The number of aryl methyl sites for hydroxylation is 1. The number of aromatic nitrogens is 4. The molecule has 0 spiro atoms. The van der Waals surface area contributed by atoms with Gasteiger partial charge in [0.05, 0.1) is 12.7 Å². The molecule has 0 amide bonds. The van der Waals surface area contributed by atoms with Gasteiger partial charge in [0.15, 0.2) is 5.65 Å². The molecule has 25 heavy (non-hydrogen) atoms. The molecule has 1 saturated heterocycles. The molecule has 2 aromatic heterocycles. The minimum atomic E-state index is -0.210. The van der Waals surface area contributed by atoms with E-state index in [0.717, 1.165) is 31.4 Å². The summed E-state index contributed by atoms with van der Waals surface area (Å²) in [6.07, 6.45) is 4.62. The van der Waals surface area contributed by atoms with Gasteiger partial charge >= 0.3 is 0 Å². The summed E-state index contributed by atoms with van der Waals surface area (Å²) in [4.78, 5) is 22.0. The number of hydrogen-bond donors (Lipinski definition) is 1. The lowest BCUT2D eigenvalue weighted by atomic mass is 10.0. The highest BCUT2D eigenvalue weighted by atomic mass is 19.1. The molecule has 0 aliphatic carbocycles. The van der Waals surface area contributed by atoms with Crippen LogP contribution in [0, 0.1) is 5.82 Å². The Bertz CT molecular complexity index is 946. The average molecular weight is 341 g/mol. The van der Waals surface area contributed by atoms with Gasteiger partial charge in [-0.1, -0.05) is 12.1 Å². The molecule has 4 rings (SSSR count). The molecule has 3 heterocycles. The summed E-state index contributed by atoms with van der Waals surface area (Å²) < 4.78 is 14.7. The number of nitrogens with one attached hydrogen (secondary N) is 1. The number of H-pyrrole nitrogens is 1. The summed E-state index contributed by atoms with van der Waals surface area (Å²) in [5, 5.41) is 4.61. The van der Waals surface area contributed by atoms with Crippen molar-refractivity contribution in [3.8, 4) is 0 Å². The van der Waals surface area contributed by atoms with Crippen LogP contribution in [0.25, 0.3) is 11.0 Å². The Morgan fingerprint density at radius 2 is 2.12 bits per heavy atom. The van der Waals surface area contributed by atoms with Crippen molar-refractivity contribution >= 4 is 11.0 Å². The number of benzene rings is 1. The first kappa shape index (κ1) is 16.0. The standard InChI is InChI=1S/C18H20FN5O/c1-23-17-15(10-20-23)18(25)22-16(21-17)11-24-8-2-3-14(24)9-12-4-6-13(19)7-5-12/h4-7,10,14H,2-3,8-9,11H2,1H3,(H,21,22,25)/t14-/m0/s1. The summed E-state index contributed by atoms with van der Waals surface area (Å²) >= 11 is 0. The van der Waals surface area contributed by atoms with Gasteiger partial charge in [0.25, 0.3) is 5.56 Å². The third-order valence-corrected chi connectivity index (χ3v) is 4.89. The van der Waals surface area contributed by atoms with Crippen molar-refractivity contribution in [2.45, 2.75) is 31.8 Å². The van der Waals surface area contributed by atoms with E-state index in [4.69, 9.17) is 0 Å². The molecule has 1 N–H and O–H groups in total. The lowest BCUT2D eigenvalue weighted by Gasteiger charge is -2.24. The quantitative estimate of drug-likeness (QED) is 0.788. The van der Waals surface area contributed by atoms with Gasteiger partial charge in [0.1, 0.15) is 17.0 Å². The second-order valence-corrected chi connectivity index (χ2v) is 6.62. The van der Waals surface area contributed by atoms with Crippen molar-refractivity contribution < 1.29 is 4.39 Å². The highest BCUT2D eigenvalue weighted by Crippen LogP contribution is 2.23. The molecule has 1 fully saturated rings. The fourth-order valence-corrected chi connectivity index (χ4v) is 3.57. The Labute approximate surface area is 144 Å². The van der Waals surface area contributed by atoms with Crippen molar-refractivity contribution in [1.82, 2.24) is 24.6 Å². The van der Waals surface area contributed by atoms with Crippen LogP contribution in [-0.4, -0.2) is 37.2 Å². The first-order valence-electron chi connectivity index (χ1n) is 8.49. The molecule has 0 saturated carbocycles. The van der Waals surface area contributed by atoms with Gasteiger partial charge in [-0.25, -0.2) is 9.37 Å². The molecular weight excluding hydrogens is 321 g/mol. The maximum absolute atomic E-state index is 13.1. The molecule has 3 aromatic rings. The van der Waals surface area contributed by atoms with E-state index >= 15 is 0 Å². The summed E-state index contributed by atoms with van der Waals surface area (Å²) in [5.74, 6) is 0.449. The fourth-order valence-electron chi connectivity index (χ4n) is 3.57. The predicted molar refractivity (Wildman–Crippen MR) is 92.7 cm³/mol. The summed E-state index contributed by atoms with van der Waals surface area (Å²) in [6.45, 7) is 1.57. The zero-order chi connectivity index (χ0) is 17.4. The van der Waals surface area contributed by atoms with E-state index < -0.39 is 0 Å². The minimum absolute atomic E-state index is 0.151. The normalized spacial score (nSPS) is 18.2. The molecule has 7 heteroatoms. The Kier molecular flexibility index (Phi) is 4.09. The van der Waals surface area contributed by atoms with Crippen LogP contribution in [0.4, 0.5) is 4.39 Å². The van der Waals surface area contributed by atoms with Crippen molar-refractivity contribution in [2.75, 3.05) is 6.54 Å². The minimum Gasteiger partial charge on any atom is -0.309 e. The first-order valence-corrected chi connectivity index (χ1v) is 8.49. The van der Waals surface area contributed by atoms with E-state index in [9.17, 15) is 9.18 Å². The molecule has 1 aromatic carbocycles. The molecule has 6 nitrogen and oxygen atoms in total. The lowest BCUT2D eigenvalue weighted by Crippen LogP contribution is -2.32. The molecule has 0 radical (unpaired) electrons. The Morgan fingerprint density at radius 1 is 1.32 bits per heavy atom. The van der Waals surface area contributed by atoms with Crippen LogP contribution in [0.1, 0.15) is 24.2 Å². The van der Waals surface area contributed by atoms with Crippen LogP contribution < -0.4 is 5.56 Å². The second kappa shape index (κ2) is 6.40. The highest BCUT2D eigenvalue weighted by molar-refractivity contribution is 5.72. The molecule has 0 unspecified atom stereocenters. The van der Waals surface area contributed by atoms with Crippen molar-refractivity contribution in [2.24, 2.45) is 7.05 Å². The third kappa shape index (κ3) is 3.19. The average Bonchev–Trinajstić information content (AvgIpc) is 3.18. The van der Waals surface area contributed by atoms with E-state index in [1.54, 1.807) is 11.7 Å². The van der Waals surface area contributed by atoms with Gasteiger partial charge in [-0.15, -0.1) is 0 Å². The van der Waals surface area contributed by atoms with Crippen molar-refractivity contribution in [3.63, 3.8) is 0 Å². The Balaban J connectivity index is 1.54. The molecule has 130 valence electrons. The zero-order valence-corrected chi connectivity index (χ0v) is 14.1. The summed E-state index contributed by atoms with van der Waals surface area (Å²) in [5.41, 5.74) is 1.58. The molecule has 0 bridgehead atoms. The Morgan fingerprint density at radius 3 is 2.92 bits per heavy atom. The largest absolute Gasteiger partial charge is 0.309 e. The number of hydrogen-bond acceptors (Lipinski definition) is 4. The van der Waals surface area contributed by atoms with E-state index in [2.05, 4.69) is 20.0 Å². The van der Waals surface area contributed by atoms with Crippen LogP contribution in [0.5, 0.6) is 0 Å². The van der Waals surface area contributed by atoms with Crippen LogP contribution in [0.2, 0.25) is 0 Å².